The predicted molar refractivity (Wildman–Crippen MR) is 363 cm³/mol. The first-order valence-corrected chi connectivity index (χ1v) is 39.7. The van der Waals surface area contributed by atoms with E-state index in [1.807, 2.05) is 0 Å². The van der Waals surface area contributed by atoms with Gasteiger partial charge in [0.05, 0.1) is 26.4 Å². The van der Waals surface area contributed by atoms with E-state index >= 15 is 0 Å². The topological polar surface area (TPSA) is 237 Å². The molecule has 0 saturated carbocycles. The molecule has 0 aliphatic carbocycles. The summed E-state index contributed by atoms with van der Waals surface area (Å²) < 4.78 is 68.2. The number of hydrogen-bond acceptors (Lipinski definition) is 15. The van der Waals surface area contributed by atoms with Crippen LogP contribution < -0.4 is 0 Å². The van der Waals surface area contributed by atoms with E-state index in [4.69, 9.17) is 37.0 Å². The molecule has 0 aromatic rings. The van der Waals surface area contributed by atoms with Crippen molar-refractivity contribution in [1.82, 2.24) is 0 Å². The summed E-state index contributed by atoms with van der Waals surface area (Å²) in [4.78, 5) is 72.5. The third-order valence-corrected chi connectivity index (χ3v) is 18.6. The van der Waals surface area contributed by atoms with E-state index in [1.54, 1.807) is 0 Å². The van der Waals surface area contributed by atoms with Gasteiger partial charge in [0.1, 0.15) is 19.3 Å². The summed E-state index contributed by atoms with van der Waals surface area (Å²) in [5, 5.41) is 10.6. The van der Waals surface area contributed by atoms with Crippen LogP contribution in [0.25, 0.3) is 0 Å². The molecule has 0 aromatic carbocycles. The lowest BCUT2D eigenvalue weighted by atomic mass is 10.00. The van der Waals surface area contributed by atoms with Gasteiger partial charge in [-0.1, -0.05) is 299 Å². The molecule has 90 heavy (non-hydrogen) atoms. The molecule has 0 rings (SSSR count). The van der Waals surface area contributed by atoms with Gasteiger partial charge in [0.15, 0.2) is 12.2 Å². The van der Waals surface area contributed by atoms with Crippen LogP contribution in [-0.2, 0) is 65.4 Å². The van der Waals surface area contributed by atoms with Gasteiger partial charge in [-0.25, -0.2) is 9.13 Å². The molecule has 19 heteroatoms. The van der Waals surface area contributed by atoms with Gasteiger partial charge in [0.2, 0.25) is 0 Å². The van der Waals surface area contributed by atoms with Crippen LogP contribution in [0.2, 0.25) is 0 Å². The lowest BCUT2D eigenvalue weighted by Crippen LogP contribution is -2.30. The Balaban J connectivity index is 5.20. The molecule has 0 spiro atoms. The molecule has 6 atom stereocenters. The van der Waals surface area contributed by atoms with Gasteiger partial charge in [-0.2, -0.15) is 0 Å². The molecule has 0 aliphatic heterocycles. The Labute approximate surface area is 549 Å². The fourth-order valence-electron chi connectivity index (χ4n) is 10.6. The lowest BCUT2D eigenvalue weighted by Gasteiger charge is -2.21. The van der Waals surface area contributed by atoms with Crippen molar-refractivity contribution in [1.29, 1.82) is 0 Å². The van der Waals surface area contributed by atoms with E-state index < -0.39 is 97.5 Å². The highest BCUT2D eigenvalue weighted by molar-refractivity contribution is 7.47. The van der Waals surface area contributed by atoms with Gasteiger partial charge < -0.3 is 33.8 Å². The van der Waals surface area contributed by atoms with Crippen LogP contribution in [0.15, 0.2) is 0 Å². The van der Waals surface area contributed by atoms with Crippen molar-refractivity contribution in [3.05, 3.63) is 0 Å². The van der Waals surface area contributed by atoms with Gasteiger partial charge in [-0.15, -0.1) is 0 Å². The van der Waals surface area contributed by atoms with E-state index in [2.05, 4.69) is 55.4 Å². The third-order valence-electron chi connectivity index (χ3n) is 16.7. The zero-order valence-electron chi connectivity index (χ0n) is 58.8. The quantitative estimate of drug-likeness (QED) is 0.0222. The molecular weight excluding hydrogens is 1190 g/mol. The number of carbonyl (C=O) groups is 4. The first-order chi connectivity index (χ1) is 43.1. The van der Waals surface area contributed by atoms with Crippen LogP contribution in [0, 0.1) is 23.7 Å². The van der Waals surface area contributed by atoms with Crippen molar-refractivity contribution in [2.75, 3.05) is 39.6 Å². The van der Waals surface area contributed by atoms with Crippen LogP contribution in [0.5, 0.6) is 0 Å². The van der Waals surface area contributed by atoms with Gasteiger partial charge >= 0.3 is 39.5 Å². The molecule has 0 aromatic heterocycles. The Kier molecular flexibility index (Phi) is 59.4. The summed E-state index contributed by atoms with van der Waals surface area (Å²) in [6.45, 7) is 14.0. The van der Waals surface area contributed by atoms with Crippen LogP contribution in [0.4, 0.5) is 0 Å². The van der Waals surface area contributed by atoms with E-state index in [9.17, 15) is 43.2 Å². The van der Waals surface area contributed by atoms with Gasteiger partial charge in [0, 0.05) is 25.7 Å². The molecular formula is C71H138O17P2. The van der Waals surface area contributed by atoms with Crippen LogP contribution in [0.1, 0.15) is 351 Å². The maximum atomic E-state index is 13.0. The molecule has 0 heterocycles. The molecule has 17 nitrogen and oxygen atoms in total. The molecule has 0 bridgehead atoms. The van der Waals surface area contributed by atoms with Crippen LogP contribution in [0.3, 0.4) is 0 Å². The second kappa shape index (κ2) is 60.7. The predicted octanol–water partition coefficient (Wildman–Crippen LogP) is 20.1. The van der Waals surface area contributed by atoms with Gasteiger partial charge in [-0.3, -0.25) is 37.3 Å². The van der Waals surface area contributed by atoms with E-state index in [-0.39, 0.29) is 25.7 Å². The zero-order chi connectivity index (χ0) is 66.8. The largest absolute Gasteiger partial charge is 0.472 e. The Bertz CT molecular complexity index is 1780. The van der Waals surface area contributed by atoms with Crippen molar-refractivity contribution in [2.24, 2.45) is 23.7 Å². The lowest BCUT2D eigenvalue weighted by molar-refractivity contribution is -0.161. The second-order valence-corrected chi connectivity index (χ2v) is 30.2. The van der Waals surface area contributed by atoms with Crippen LogP contribution >= 0.6 is 15.6 Å². The number of unbranched alkanes of at least 4 members (excludes halogenated alkanes) is 33. The maximum Gasteiger partial charge on any atom is 0.472 e. The minimum absolute atomic E-state index is 0.104. The fraction of sp³-hybridized carbons (Fsp3) is 0.944. The highest BCUT2D eigenvalue weighted by Gasteiger charge is 2.30. The summed E-state index contributed by atoms with van der Waals surface area (Å²) in [6.07, 6.45) is 43.3. The second-order valence-electron chi connectivity index (χ2n) is 27.3. The summed E-state index contributed by atoms with van der Waals surface area (Å²) in [6, 6.07) is 0. The maximum absolute atomic E-state index is 13.0. The number of phosphoric ester groups is 2. The Morgan fingerprint density at radius 2 is 0.533 bits per heavy atom. The monoisotopic (exact) mass is 1320 g/mol. The number of ether oxygens (including phenoxy) is 4. The fourth-order valence-corrected chi connectivity index (χ4v) is 12.2. The SMILES string of the molecule is CCC(C)CCCCCCCCC(=O)OC[C@H](COP(=O)(O)OC[C@@H](O)COP(=O)(O)OC[C@@H](COC(=O)CCCCCCCCC(C)C)OC(=O)CCCCCCCCCCCC(C)C)OC(=O)CCCCCCCCCCCCCCCCCCC(C)C. The first-order valence-electron chi connectivity index (χ1n) is 36.7. The number of phosphoric acid groups is 2. The van der Waals surface area contributed by atoms with Crippen molar-refractivity contribution in [2.45, 2.75) is 369 Å². The van der Waals surface area contributed by atoms with Gasteiger partial charge in [-0.05, 0) is 49.4 Å². The average Bonchev–Trinajstić information content (AvgIpc) is 3.60. The Morgan fingerprint density at radius 3 is 0.789 bits per heavy atom. The smallest absolute Gasteiger partial charge is 0.462 e. The van der Waals surface area contributed by atoms with Crippen molar-refractivity contribution < 1.29 is 80.2 Å². The summed E-state index contributed by atoms with van der Waals surface area (Å²) >= 11 is 0. The third kappa shape index (κ3) is 63.5. The first kappa shape index (κ1) is 88.1. The van der Waals surface area contributed by atoms with Crippen molar-refractivity contribution >= 4 is 39.5 Å². The summed E-state index contributed by atoms with van der Waals surface area (Å²) in [5.74, 6) is 0.824. The zero-order valence-corrected chi connectivity index (χ0v) is 60.6. The van der Waals surface area contributed by atoms with E-state index in [1.165, 1.54) is 141 Å². The molecule has 534 valence electrons. The number of hydrogen-bond donors (Lipinski definition) is 3. The molecule has 3 N–H and O–H groups in total. The molecule has 0 radical (unpaired) electrons. The molecule has 0 saturated heterocycles. The van der Waals surface area contributed by atoms with Crippen molar-refractivity contribution in [3.8, 4) is 0 Å². The van der Waals surface area contributed by atoms with Crippen molar-refractivity contribution in [3.63, 3.8) is 0 Å². The number of rotatable bonds is 68. The average molecular weight is 1330 g/mol. The number of carbonyl (C=O) groups excluding carboxylic acids is 4. The minimum Gasteiger partial charge on any atom is -0.462 e. The minimum atomic E-state index is -4.95. The Morgan fingerprint density at radius 1 is 0.311 bits per heavy atom. The highest BCUT2D eigenvalue weighted by atomic mass is 31.2. The van der Waals surface area contributed by atoms with Crippen LogP contribution in [-0.4, -0.2) is 96.7 Å². The summed E-state index contributed by atoms with van der Waals surface area (Å²) in [5.41, 5.74) is 0. The molecule has 0 fully saturated rings. The van der Waals surface area contributed by atoms with Gasteiger partial charge in [0.25, 0.3) is 0 Å². The highest BCUT2D eigenvalue weighted by Crippen LogP contribution is 2.45. The molecule has 3 unspecified atom stereocenters. The Hall–Kier alpha value is -1.94. The normalized spacial score (nSPS) is 14.6. The number of aliphatic hydroxyl groups excluding tert-OH is 1. The van der Waals surface area contributed by atoms with E-state index in [0.717, 1.165) is 120 Å². The standard InChI is InChI=1S/C71H138O17P2/c1-9-64(8)50-42-34-28-30-36-44-52-69(74)82-58-67(87-70(75)53-45-37-25-21-17-15-13-11-10-12-14-16-19-23-31-39-47-61(2)3)60-86-90(79,80)84-56-65(72)55-83-89(77,78)85-59-66(57-81-68(73)51-43-35-29-27-33-41-49-63(6)7)88-71(76)54-46-38-26-22-18-20-24-32-40-48-62(4)5/h61-67,72H,9-60H2,1-8H3,(H,77,78)(H,79,80)/t64?,65-,66+,67+/m0/s1. The number of aliphatic hydroxyl groups is 1. The molecule has 0 amide bonds. The number of esters is 4. The molecule has 0 aliphatic rings. The summed E-state index contributed by atoms with van der Waals surface area (Å²) in [7, 11) is -9.90. The van der Waals surface area contributed by atoms with E-state index in [0.29, 0.717) is 31.6 Å².